The van der Waals surface area contributed by atoms with Crippen molar-refractivity contribution >= 4 is 28.7 Å². The second kappa shape index (κ2) is 8.59. The van der Waals surface area contributed by atoms with Crippen molar-refractivity contribution < 1.29 is 28.3 Å². The summed E-state index contributed by atoms with van der Waals surface area (Å²) in [6.45, 7) is 6.69. The van der Waals surface area contributed by atoms with Crippen molar-refractivity contribution in [2.24, 2.45) is 0 Å². The third kappa shape index (κ3) is 4.28. The quantitative estimate of drug-likeness (QED) is 0.278. The molecule has 0 fully saturated rings. The second-order valence-corrected chi connectivity index (χ2v) is 7.24. The zero-order chi connectivity index (χ0) is 22.9. The number of carbonyl (C=O) groups is 3. The lowest BCUT2D eigenvalue weighted by atomic mass is 10.0. The topological polar surface area (TPSA) is 116 Å². The fraction of sp³-hybridized carbons (Fsp3) is 0.304. The maximum absolute atomic E-state index is 12.7. The highest BCUT2D eigenvalue weighted by Gasteiger charge is 2.25. The fourth-order valence-electron chi connectivity index (χ4n) is 3.59. The van der Waals surface area contributed by atoms with Gasteiger partial charge in [0.1, 0.15) is 11.3 Å². The number of aromatic nitrogens is 1. The third-order valence-electron chi connectivity index (χ3n) is 5.13. The number of Topliss-reactive ketones (excluding diaryl/α,β-unsaturated/α-hetero) is 1. The molecule has 0 aliphatic carbocycles. The number of aromatic amines is 1. The van der Waals surface area contributed by atoms with Crippen LogP contribution in [-0.2, 0) is 22.4 Å². The fourth-order valence-corrected chi connectivity index (χ4v) is 3.59. The van der Waals surface area contributed by atoms with E-state index in [0.717, 1.165) is 16.5 Å². The molecule has 0 bridgehead atoms. The highest BCUT2D eigenvalue weighted by atomic mass is 16.5. The second-order valence-electron chi connectivity index (χ2n) is 7.24. The van der Waals surface area contributed by atoms with Crippen LogP contribution in [0.25, 0.3) is 11.0 Å². The van der Waals surface area contributed by atoms with Crippen LogP contribution in [0.15, 0.2) is 27.4 Å². The van der Waals surface area contributed by atoms with E-state index >= 15 is 0 Å². The van der Waals surface area contributed by atoms with E-state index < -0.39 is 17.6 Å². The molecule has 0 atom stereocenters. The summed E-state index contributed by atoms with van der Waals surface area (Å²) >= 11 is 0. The Bertz CT molecular complexity index is 1260. The minimum absolute atomic E-state index is 0.139. The molecule has 3 rings (SSSR count). The van der Waals surface area contributed by atoms with Crippen LogP contribution in [-0.4, -0.2) is 29.8 Å². The smallest absolute Gasteiger partial charge is 0.339 e. The molecule has 2 heterocycles. The van der Waals surface area contributed by atoms with Crippen molar-refractivity contribution in [1.29, 1.82) is 0 Å². The zero-order valence-electron chi connectivity index (χ0n) is 18.0. The molecule has 1 N–H and O–H groups in total. The van der Waals surface area contributed by atoms with E-state index in [4.69, 9.17) is 13.9 Å². The molecule has 0 spiro atoms. The number of nitrogens with one attached hydrogen (secondary N) is 1. The number of ketones is 1. The Morgan fingerprint density at radius 3 is 2.45 bits per heavy atom. The van der Waals surface area contributed by atoms with Crippen LogP contribution >= 0.6 is 0 Å². The molecular formula is C23H23NO7. The van der Waals surface area contributed by atoms with Crippen molar-refractivity contribution in [2.45, 2.75) is 40.5 Å². The Morgan fingerprint density at radius 2 is 1.84 bits per heavy atom. The predicted octanol–water partition coefficient (Wildman–Crippen LogP) is 3.44. The molecule has 0 aliphatic heterocycles. The first-order valence-electron chi connectivity index (χ1n) is 9.75. The standard InChI is InChI=1S/C23H23NO7/c1-6-14-8-15-11(2)7-19(26)31-18(15)10-17(14)30-20(27)9-16-21(23(28)29-5)12(3)22(24-16)13(4)25/h7-8,10,24H,6,9H2,1-5H3. The maximum Gasteiger partial charge on any atom is 0.339 e. The van der Waals surface area contributed by atoms with Gasteiger partial charge in [-0.25, -0.2) is 9.59 Å². The van der Waals surface area contributed by atoms with Crippen molar-refractivity contribution in [3.63, 3.8) is 0 Å². The van der Waals surface area contributed by atoms with Gasteiger partial charge in [-0.05, 0) is 43.0 Å². The van der Waals surface area contributed by atoms with Crippen LogP contribution < -0.4 is 10.4 Å². The first-order chi connectivity index (χ1) is 14.7. The van der Waals surface area contributed by atoms with Crippen LogP contribution in [0.5, 0.6) is 5.75 Å². The minimum atomic E-state index is -0.652. The van der Waals surface area contributed by atoms with E-state index in [1.54, 1.807) is 13.8 Å². The molecule has 31 heavy (non-hydrogen) atoms. The van der Waals surface area contributed by atoms with E-state index in [-0.39, 0.29) is 34.9 Å². The summed E-state index contributed by atoms with van der Waals surface area (Å²) in [5.41, 5.74) is 2.38. The summed E-state index contributed by atoms with van der Waals surface area (Å²) < 4.78 is 15.6. The summed E-state index contributed by atoms with van der Waals surface area (Å²) in [6, 6.07) is 4.74. The predicted molar refractivity (Wildman–Crippen MR) is 113 cm³/mol. The molecule has 162 valence electrons. The van der Waals surface area contributed by atoms with E-state index in [2.05, 4.69) is 4.98 Å². The molecule has 8 nitrogen and oxygen atoms in total. The Kier molecular flexibility index (Phi) is 6.10. The number of rotatable bonds is 6. The van der Waals surface area contributed by atoms with Crippen LogP contribution in [0.4, 0.5) is 0 Å². The largest absolute Gasteiger partial charge is 0.465 e. The highest BCUT2D eigenvalue weighted by Crippen LogP contribution is 2.28. The van der Waals surface area contributed by atoms with Gasteiger partial charge in [-0.3, -0.25) is 9.59 Å². The highest BCUT2D eigenvalue weighted by molar-refractivity contribution is 6.01. The molecule has 0 saturated heterocycles. The lowest BCUT2D eigenvalue weighted by Gasteiger charge is -2.11. The number of methoxy groups -OCH3 is 1. The number of esters is 2. The Labute approximate surface area is 178 Å². The van der Waals surface area contributed by atoms with Gasteiger partial charge >= 0.3 is 17.6 Å². The summed E-state index contributed by atoms with van der Waals surface area (Å²) in [5.74, 6) is -1.30. The van der Waals surface area contributed by atoms with Gasteiger partial charge in [0, 0.05) is 30.1 Å². The Balaban J connectivity index is 1.97. The molecule has 1 aromatic carbocycles. The number of benzene rings is 1. The summed E-state index contributed by atoms with van der Waals surface area (Å²) in [7, 11) is 1.22. The Hall–Kier alpha value is -3.68. The van der Waals surface area contributed by atoms with Gasteiger partial charge < -0.3 is 18.9 Å². The van der Waals surface area contributed by atoms with E-state index in [1.165, 1.54) is 26.2 Å². The van der Waals surface area contributed by atoms with Crippen LogP contribution in [0, 0.1) is 13.8 Å². The van der Waals surface area contributed by atoms with Gasteiger partial charge in [0.05, 0.1) is 24.8 Å². The van der Waals surface area contributed by atoms with Gasteiger partial charge in [0.25, 0.3) is 0 Å². The SMILES string of the molecule is CCc1cc2c(C)cc(=O)oc2cc1OC(=O)Cc1[nH]c(C(C)=O)c(C)c1C(=O)OC. The summed E-state index contributed by atoms with van der Waals surface area (Å²) in [4.78, 5) is 51.3. The number of hydrogen-bond donors (Lipinski definition) is 1. The van der Waals surface area contributed by atoms with Crippen molar-refractivity contribution in [2.75, 3.05) is 7.11 Å². The van der Waals surface area contributed by atoms with Crippen LogP contribution in [0.2, 0.25) is 0 Å². The maximum atomic E-state index is 12.7. The van der Waals surface area contributed by atoms with Crippen molar-refractivity contribution in [1.82, 2.24) is 4.98 Å². The van der Waals surface area contributed by atoms with E-state index in [1.807, 2.05) is 13.0 Å². The first kappa shape index (κ1) is 22.0. The number of H-pyrrole nitrogens is 1. The molecular weight excluding hydrogens is 402 g/mol. The van der Waals surface area contributed by atoms with Gasteiger partial charge in [-0.2, -0.15) is 0 Å². The summed E-state index contributed by atoms with van der Waals surface area (Å²) in [5, 5.41) is 0.760. The molecule has 0 radical (unpaired) electrons. The minimum Gasteiger partial charge on any atom is -0.465 e. The number of hydrogen-bond acceptors (Lipinski definition) is 7. The normalized spacial score (nSPS) is 10.9. The molecule has 0 unspecified atom stereocenters. The van der Waals surface area contributed by atoms with E-state index in [0.29, 0.717) is 17.6 Å². The number of ether oxygens (including phenoxy) is 2. The molecule has 8 heteroatoms. The lowest BCUT2D eigenvalue weighted by Crippen LogP contribution is -2.15. The lowest BCUT2D eigenvalue weighted by molar-refractivity contribution is -0.133. The molecule has 3 aromatic rings. The zero-order valence-corrected chi connectivity index (χ0v) is 18.0. The van der Waals surface area contributed by atoms with E-state index in [9.17, 15) is 19.2 Å². The van der Waals surface area contributed by atoms with Crippen LogP contribution in [0.1, 0.15) is 57.1 Å². The molecule has 0 aliphatic rings. The molecule has 2 aromatic heterocycles. The van der Waals surface area contributed by atoms with Crippen molar-refractivity contribution in [3.05, 3.63) is 62.3 Å². The van der Waals surface area contributed by atoms with Crippen LogP contribution in [0.3, 0.4) is 0 Å². The average molecular weight is 425 g/mol. The van der Waals surface area contributed by atoms with Gasteiger partial charge in [0.15, 0.2) is 5.78 Å². The van der Waals surface area contributed by atoms with Gasteiger partial charge in [-0.15, -0.1) is 0 Å². The third-order valence-corrected chi connectivity index (χ3v) is 5.13. The molecule has 0 saturated carbocycles. The number of carbonyl (C=O) groups excluding carboxylic acids is 3. The summed E-state index contributed by atoms with van der Waals surface area (Å²) in [6.07, 6.45) is 0.304. The van der Waals surface area contributed by atoms with Gasteiger partial charge in [0.2, 0.25) is 0 Å². The first-order valence-corrected chi connectivity index (χ1v) is 9.75. The Morgan fingerprint density at radius 1 is 1.13 bits per heavy atom. The number of fused-ring (bicyclic) bond motifs is 1. The monoisotopic (exact) mass is 425 g/mol. The molecule has 0 amide bonds. The number of aryl methyl sites for hydroxylation is 2. The van der Waals surface area contributed by atoms with Crippen molar-refractivity contribution in [3.8, 4) is 5.75 Å². The van der Waals surface area contributed by atoms with Gasteiger partial charge in [-0.1, -0.05) is 6.92 Å². The average Bonchev–Trinajstić information content (AvgIpc) is 3.02.